The van der Waals surface area contributed by atoms with Crippen LogP contribution < -0.4 is 15.5 Å². The predicted molar refractivity (Wildman–Crippen MR) is 116 cm³/mol. The van der Waals surface area contributed by atoms with Crippen molar-refractivity contribution in [3.05, 3.63) is 53.6 Å². The van der Waals surface area contributed by atoms with E-state index in [2.05, 4.69) is 16.7 Å². The van der Waals surface area contributed by atoms with E-state index < -0.39 is 5.60 Å². The summed E-state index contributed by atoms with van der Waals surface area (Å²) < 4.78 is 5.77. The van der Waals surface area contributed by atoms with Gasteiger partial charge in [-0.15, -0.1) is 0 Å². The number of para-hydroxylation sites is 1. The molecule has 1 aliphatic heterocycles. The third kappa shape index (κ3) is 5.15. The van der Waals surface area contributed by atoms with Crippen LogP contribution in [-0.4, -0.2) is 30.7 Å². The molecule has 29 heavy (non-hydrogen) atoms. The molecule has 0 saturated heterocycles. The lowest BCUT2D eigenvalue weighted by molar-refractivity contribution is -0.127. The van der Waals surface area contributed by atoms with Crippen LogP contribution in [0.2, 0.25) is 0 Å². The number of aryl methyl sites for hydroxylation is 2. The maximum atomic E-state index is 13.3. The summed E-state index contributed by atoms with van der Waals surface area (Å²) >= 11 is 0. The van der Waals surface area contributed by atoms with Crippen LogP contribution in [0.15, 0.2) is 42.5 Å². The molecule has 0 aromatic heterocycles. The Morgan fingerprint density at radius 2 is 1.72 bits per heavy atom. The highest BCUT2D eigenvalue weighted by molar-refractivity contribution is 6.04. The first-order chi connectivity index (χ1) is 13.8. The van der Waals surface area contributed by atoms with Crippen molar-refractivity contribution in [3.8, 4) is 0 Å². The quantitative estimate of drug-likeness (QED) is 0.806. The summed E-state index contributed by atoms with van der Waals surface area (Å²) in [6.07, 6.45) is 1.66. The Balaban J connectivity index is 2.00. The zero-order valence-electron chi connectivity index (χ0n) is 17.5. The van der Waals surface area contributed by atoms with Gasteiger partial charge in [0.1, 0.15) is 6.61 Å². The molecule has 3 amide bonds. The number of nitrogens with zero attached hydrogens (tertiary/aromatic N) is 1. The van der Waals surface area contributed by atoms with Gasteiger partial charge in [0.25, 0.3) is 5.91 Å². The Kier molecular flexibility index (Phi) is 6.23. The molecule has 0 unspecified atom stereocenters. The number of amides is 3. The molecule has 0 fully saturated rings. The van der Waals surface area contributed by atoms with Gasteiger partial charge >= 0.3 is 6.03 Å². The summed E-state index contributed by atoms with van der Waals surface area (Å²) in [4.78, 5) is 26.9. The lowest BCUT2D eigenvalue weighted by atomic mass is 10.0. The number of benzene rings is 2. The van der Waals surface area contributed by atoms with E-state index in [1.807, 2.05) is 64.1 Å². The molecule has 2 N–H and O–H groups in total. The van der Waals surface area contributed by atoms with Gasteiger partial charge in [0.15, 0.2) is 0 Å². The second-order valence-corrected chi connectivity index (χ2v) is 8.09. The Labute approximate surface area is 172 Å². The van der Waals surface area contributed by atoms with Crippen LogP contribution in [-0.2, 0) is 22.4 Å². The van der Waals surface area contributed by atoms with Crippen LogP contribution in [0.1, 0.15) is 38.8 Å². The largest absolute Gasteiger partial charge is 0.366 e. The van der Waals surface area contributed by atoms with Gasteiger partial charge < -0.3 is 15.4 Å². The molecule has 1 heterocycles. The average Bonchev–Trinajstić information content (AvgIpc) is 2.82. The number of fused-ring (bicyclic) bond motifs is 2. The number of carbonyl (C=O) groups excluding carboxylic acids is 2. The minimum absolute atomic E-state index is 0.0226. The molecule has 2 aromatic carbocycles. The molecular weight excluding hydrogens is 366 g/mol. The second-order valence-electron chi connectivity index (χ2n) is 8.09. The Morgan fingerprint density at radius 1 is 1.03 bits per heavy atom. The Bertz CT molecular complexity index is 902. The van der Waals surface area contributed by atoms with Crippen LogP contribution in [0.5, 0.6) is 0 Å². The number of nitrogens with one attached hydrogen (secondary N) is 2. The van der Waals surface area contributed by atoms with Crippen LogP contribution in [0.3, 0.4) is 0 Å². The minimum atomic E-state index is -0.411. The standard InChI is InChI=1S/C23H29N3O3/c1-5-24-22(28)25-18-13-12-17-11-10-16-8-6-7-9-19(16)26(20(17)14-18)21(27)15-29-23(2,3)4/h6-9,12-14H,5,10-11,15H2,1-4H3,(H2,24,25,28). The van der Waals surface area contributed by atoms with E-state index in [-0.39, 0.29) is 18.5 Å². The molecule has 0 spiro atoms. The number of urea groups is 1. The van der Waals surface area contributed by atoms with Crippen molar-refractivity contribution in [1.82, 2.24) is 5.32 Å². The minimum Gasteiger partial charge on any atom is -0.366 e. The number of hydrogen-bond acceptors (Lipinski definition) is 3. The van der Waals surface area contributed by atoms with E-state index in [4.69, 9.17) is 4.74 Å². The summed E-state index contributed by atoms with van der Waals surface area (Å²) in [5, 5.41) is 5.56. The van der Waals surface area contributed by atoms with Gasteiger partial charge in [0.2, 0.25) is 0 Å². The Hall–Kier alpha value is -2.86. The van der Waals surface area contributed by atoms with Crippen LogP contribution in [0.25, 0.3) is 0 Å². The molecule has 6 heteroatoms. The summed E-state index contributed by atoms with van der Waals surface area (Å²) in [7, 11) is 0. The normalized spacial score (nSPS) is 13.2. The first-order valence-corrected chi connectivity index (χ1v) is 10.0. The van der Waals surface area contributed by atoms with E-state index in [9.17, 15) is 9.59 Å². The van der Waals surface area contributed by atoms with Gasteiger partial charge in [0.05, 0.1) is 17.0 Å². The lowest BCUT2D eigenvalue weighted by Crippen LogP contribution is -2.34. The maximum Gasteiger partial charge on any atom is 0.319 e. The first kappa shape index (κ1) is 20.9. The molecular formula is C23H29N3O3. The van der Waals surface area contributed by atoms with Crippen molar-refractivity contribution >= 4 is 29.0 Å². The average molecular weight is 396 g/mol. The molecule has 3 rings (SSSR count). The van der Waals surface area contributed by atoms with Gasteiger partial charge in [-0.3, -0.25) is 9.69 Å². The van der Waals surface area contributed by atoms with E-state index in [0.717, 1.165) is 35.3 Å². The van der Waals surface area contributed by atoms with Crippen molar-refractivity contribution < 1.29 is 14.3 Å². The number of anilines is 3. The SMILES string of the molecule is CCNC(=O)Nc1ccc2c(c1)N(C(=O)COC(C)(C)C)c1ccccc1CC2. The number of rotatable bonds is 4. The molecule has 0 bridgehead atoms. The predicted octanol–water partition coefficient (Wildman–Crippen LogP) is 4.41. The lowest BCUT2D eigenvalue weighted by Gasteiger charge is -2.27. The van der Waals surface area contributed by atoms with Crippen LogP contribution >= 0.6 is 0 Å². The van der Waals surface area contributed by atoms with Crippen molar-refractivity contribution in [2.45, 2.75) is 46.1 Å². The maximum absolute atomic E-state index is 13.3. The molecule has 6 nitrogen and oxygen atoms in total. The number of ether oxygens (including phenoxy) is 1. The van der Waals surface area contributed by atoms with E-state index in [0.29, 0.717) is 12.2 Å². The van der Waals surface area contributed by atoms with Gasteiger partial charge in [-0.2, -0.15) is 0 Å². The molecule has 1 aliphatic rings. The zero-order chi connectivity index (χ0) is 21.0. The fourth-order valence-electron chi connectivity index (χ4n) is 3.35. The third-order valence-electron chi connectivity index (χ3n) is 4.70. The molecule has 0 saturated carbocycles. The highest BCUT2D eigenvalue weighted by Crippen LogP contribution is 2.37. The van der Waals surface area contributed by atoms with E-state index >= 15 is 0 Å². The Morgan fingerprint density at radius 3 is 2.41 bits per heavy atom. The summed E-state index contributed by atoms with van der Waals surface area (Å²) in [6.45, 7) is 8.17. The zero-order valence-corrected chi connectivity index (χ0v) is 17.5. The summed E-state index contributed by atoms with van der Waals surface area (Å²) in [5.41, 5.74) is 4.06. The molecule has 0 atom stereocenters. The van der Waals surface area contributed by atoms with Crippen molar-refractivity contribution in [2.75, 3.05) is 23.4 Å². The van der Waals surface area contributed by atoms with Crippen molar-refractivity contribution in [2.24, 2.45) is 0 Å². The van der Waals surface area contributed by atoms with E-state index in [1.165, 1.54) is 0 Å². The summed E-state index contributed by atoms with van der Waals surface area (Å²) in [5.74, 6) is -0.134. The third-order valence-corrected chi connectivity index (χ3v) is 4.70. The van der Waals surface area contributed by atoms with Gasteiger partial charge in [-0.1, -0.05) is 24.3 Å². The van der Waals surface area contributed by atoms with Crippen molar-refractivity contribution in [3.63, 3.8) is 0 Å². The fraction of sp³-hybridized carbons (Fsp3) is 0.391. The van der Waals surface area contributed by atoms with Gasteiger partial charge in [-0.05, 0) is 69.9 Å². The number of carbonyl (C=O) groups is 2. The highest BCUT2D eigenvalue weighted by Gasteiger charge is 2.27. The second kappa shape index (κ2) is 8.66. The molecule has 0 radical (unpaired) electrons. The molecule has 154 valence electrons. The summed E-state index contributed by atoms with van der Waals surface area (Å²) in [6, 6.07) is 13.4. The van der Waals surface area contributed by atoms with Crippen LogP contribution in [0.4, 0.5) is 21.9 Å². The van der Waals surface area contributed by atoms with E-state index in [1.54, 1.807) is 4.90 Å². The molecule has 2 aromatic rings. The van der Waals surface area contributed by atoms with Crippen LogP contribution in [0, 0.1) is 0 Å². The monoisotopic (exact) mass is 395 g/mol. The van der Waals surface area contributed by atoms with Gasteiger partial charge in [-0.25, -0.2) is 4.79 Å². The molecule has 0 aliphatic carbocycles. The fourth-order valence-corrected chi connectivity index (χ4v) is 3.35. The first-order valence-electron chi connectivity index (χ1n) is 10.0. The topological polar surface area (TPSA) is 70.7 Å². The highest BCUT2D eigenvalue weighted by atomic mass is 16.5. The number of hydrogen-bond donors (Lipinski definition) is 2. The van der Waals surface area contributed by atoms with Gasteiger partial charge in [0, 0.05) is 12.2 Å². The smallest absolute Gasteiger partial charge is 0.319 e. The van der Waals surface area contributed by atoms with Crippen molar-refractivity contribution in [1.29, 1.82) is 0 Å².